The van der Waals surface area contributed by atoms with Crippen molar-refractivity contribution in [1.29, 1.82) is 0 Å². The third-order valence-corrected chi connectivity index (χ3v) is 1.22. The lowest BCUT2D eigenvalue weighted by atomic mass is 10.6. The van der Waals surface area contributed by atoms with Gasteiger partial charge in [0.2, 0.25) is 0 Å². The van der Waals surface area contributed by atoms with Gasteiger partial charge in [0.15, 0.2) is 0 Å². The minimum Gasteiger partial charge on any atom is -0.147 e. The van der Waals surface area contributed by atoms with Gasteiger partial charge in [-0.05, 0) is 27.7 Å². The van der Waals surface area contributed by atoms with Crippen LogP contribution in [0.3, 0.4) is 0 Å². The second-order valence-corrected chi connectivity index (χ2v) is 3.76. The molecule has 0 aromatic carbocycles. The molecule has 0 aromatic heterocycles. The lowest BCUT2D eigenvalue weighted by molar-refractivity contribution is 1.29. The fraction of sp³-hybridized carbons (Fsp3) is 0.667. The van der Waals surface area contributed by atoms with Gasteiger partial charge >= 0.3 is 0 Å². The lowest BCUT2D eigenvalue weighted by Crippen LogP contribution is -1.78. The van der Waals surface area contributed by atoms with Crippen molar-refractivity contribution in [2.24, 2.45) is 0 Å². The Morgan fingerprint density at radius 1 is 0.857 bits per heavy atom. The minimum atomic E-state index is 1.42. The Hall–Kier alpha value is 0.350. The first-order chi connectivity index (χ1) is 3.13. The Balaban J connectivity index is 2.95. The van der Waals surface area contributed by atoms with Crippen molar-refractivity contribution in [3.05, 3.63) is 10.5 Å². The average Bonchev–Trinajstić information content (AvgIpc) is 1.27. The summed E-state index contributed by atoms with van der Waals surface area (Å²) in [6, 6.07) is 0. The lowest BCUT2D eigenvalue weighted by Gasteiger charge is -2.04. The van der Waals surface area contributed by atoms with E-state index >= 15 is 0 Å². The number of hydrogen-bond donors (Lipinski definition) is 0. The molecule has 1 heteroatoms. The molecule has 0 fully saturated rings. The largest absolute Gasteiger partial charge is 0.147 e. The fourth-order valence-corrected chi connectivity index (χ4v) is 1.22. The SMILES string of the molecule is C[C](C)S[C](C)C. The second kappa shape index (κ2) is 3.36. The molecule has 0 heterocycles. The molecule has 0 nitrogen and oxygen atoms in total. The Kier molecular flexibility index (Phi) is 3.53. The van der Waals surface area contributed by atoms with Gasteiger partial charge in [0.25, 0.3) is 0 Å². The summed E-state index contributed by atoms with van der Waals surface area (Å²) >= 11 is 1.84. The molecular formula is C6H12S. The molecule has 0 spiro atoms. The van der Waals surface area contributed by atoms with Crippen LogP contribution in [0.4, 0.5) is 0 Å². The van der Waals surface area contributed by atoms with Crippen molar-refractivity contribution in [1.82, 2.24) is 0 Å². The Morgan fingerprint density at radius 3 is 1.14 bits per heavy atom. The summed E-state index contributed by atoms with van der Waals surface area (Å²) in [5, 5.41) is 2.83. The maximum Gasteiger partial charge on any atom is 0.0251 e. The van der Waals surface area contributed by atoms with E-state index in [1.54, 1.807) is 0 Å². The highest BCUT2D eigenvalue weighted by Gasteiger charge is 1.97. The third-order valence-electron chi connectivity index (χ3n) is 0.408. The van der Waals surface area contributed by atoms with Crippen LogP contribution in [-0.4, -0.2) is 0 Å². The molecule has 0 aliphatic heterocycles. The van der Waals surface area contributed by atoms with E-state index in [0.29, 0.717) is 0 Å². The highest BCUT2D eigenvalue weighted by atomic mass is 32.2. The van der Waals surface area contributed by atoms with Gasteiger partial charge in [0.1, 0.15) is 0 Å². The molecule has 0 atom stereocenters. The number of rotatable bonds is 2. The maximum absolute atomic E-state index is 2.12. The summed E-state index contributed by atoms with van der Waals surface area (Å²) < 4.78 is 0. The van der Waals surface area contributed by atoms with Crippen LogP contribution in [0.25, 0.3) is 0 Å². The molecule has 42 valence electrons. The molecule has 0 amide bonds. The van der Waals surface area contributed by atoms with Crippen molar-refractivity contribution >= 4 is 11.8 Å². The molecular weight excluding hydrogens is 104 g/mol. The van der Waals surface area contributed by atoms with Crippen LogP contribution in [0.5, 0.6) is 0 Å². The standard InChI is InChI=1S/C6H12S/c1-5(2)7-6(3)4/h1-4H3. The van der Waals surface area contributed by atoms with Crippen molar-refractivity contribution in [3.63, 3.8) is 0 Å². The molecule has 0 unspecified atom stereocenters. The van der Waals surface area contributed by atoms with E-state index in [9.17, 15) is 0 Å². The van der Waals surface area contributed by atoms with E-state index in [1.165, 1.54) is 10.5 Å². The smallest absolute Gasteiger partial charge is 0.0251 e. The van der Waals surface area contributed by atoms with Gasteiger partial charge in [-0.2, -0.15) is 0 Å². The van der Waals surface area contributed by atoms with Gasteiger partial charge in [-0.15, -0.1) is 11.8 Å². The van der Waals surface area contributed by atoms with Crippen LogP contribution in [0.2, 0.25) is 0 Å². The highest BCUT2D eigenvalue weighted by Crippen LogP contribution is 2.27. The van der Waals surface area contributed by atoms with Crippen LogP contribution in [-0.2, 0) is 0 Å². The van der Waals surface area contributed by atoms with Crippen LogP contribution >= 0.6 is 11.8 Å². The second-order valence-electron chi connectivity index (χ2n) is 1.92. The molecule has 0 N–H and O–H groups in total. The summed E-state index contributed by atoms with van der Waals surface area (Å²) in [6.45, 7) is 8.49. The first-order valence-electron chi connectivity index (χ1n) is 2.41. The highest BCUT2D eigenvalue weighted by molar-refractivity contribution is 8.04. The molecule has 0 saturated heterocycles. The topological polar surface area (TPSA) is 0 Å². The first kappa shape index (κ1) is 7.35. The average molecular weight is 116 g/mol. The quantitative estimate of drug-likeness (QED) is 0.534. The van der Waals surface area contributed by atoms with E-state index < -0.39 is 0 Å². The van der Waals surface area contributed by atoms with Crippen LogP contribution in [0.15, 0.2) is 0 Å². The van der Waals surface area contributed by atoms with E-state index in [-0.39, 0.29) is 0 Å². The summed E-state index contributed by atoms with van der Waals surface area (Å²) in [5.41, 5.74) is 0. The molecule has 2 radical (unpaired) electrons. The van der Waals surface area contributed by atoms with Crippen molar-refractivity contribution in [2.45, 2.75) is 27.7 Å². The Morgan fingerprint density at radius 2 is 1.14 bits per heavy atom. The normalized spacial score (nSPS) is 11.1. The maximum atomic E-state index is 2.12. The fourth-order valence-electron chi connectivity index (χ4n) is 0.408. The van der Waals surface area contributed by atoms with Gasteiger partial charge in [0.05, 0.1) is 0 Å². The summed E-state index contributed by atoms with van der Waals surface area (Å²) in [6.07, 6.45) is 0. The zero-order chi connectivity index (χ0) is 5.86. The number of hydrogen-bond acceptors (Lipinski definition) is 1. The summed E-state index contributed by atoms with van der Waals surface area (Å²) in [7, 11) is 0. The zero-order valence-corrected chi connectivity index (χ0v) is 6.22. The van der Waals surface area contributed by atoms with E-state index in [2.05, 4.69) is 27.7 Å². The molecule has 0 aromatic rings. The van der Waals surface area contributed by atoms with Crippen LogP contribution < -0.4 is 0 Å². The molecule has 0 bridgehead atoms. The molecule has 7 heavy (non-hydrogen) atoms. The summed E-state index contributed by atoms with van der Waals surface area (Å²) in [5.74, 6) is 0. The van der Waals surface area contributed by atoms with Crippen molar-refractivity contribution < 1.29 is 0 Å². The van der Waals surface area contributed by atoms with E-state index in [4.69, 9.17) is 0 Å². The Labute approximate surface area is 50.7 Å². The molecule has 0 rings (SSSR count). The minimum absolute atomic E-state index is 1.42. The Bertz CT molecular complexity index is 33.4. The zero-order valence-electron chi connectivity index (χ0n) is 5.41. The van der Waals surface area contributed by atoms with Gasteiger partial charge in [-0.25, -0.2) is 0 Å². The molecule has 0 saturated carbocycles. The van der Waals surface area contributed by atoms with Gasteiger partial charge in [-0.3, -0.25) is 0 Å². The van der Waals surface area contributed by atoms with Gasteiger partial charge in [-0.1, -0.05) is 0 Å². The van der Waals surface area contributed by atoms with Crippen LogP contribution in [0, 0.1) is 10.5 Å². The first-order valence-corrected chi connectivity index (χ1v) is 3.22. The predicted octanol–water partition coefficient (Wildman–Crippen LogP) is 2.86. The predicted molar refractivity (Wildman–Crippen MR) is 36.8 cm³/mol. The van der Waals surface area contributed by atoms with E-state index in [0.717, 1.165) is 0 Å². The van der Waals surface area contributed by atoms with Crippen molar-refractivity contribution in [3.8, 4) is 0 Å². The summed E-state index contributed by atoms with van der Waals surface area (Å²) in [4.78, 5) is 0. The van der Waals surface area contributed by atoms with E-state index in [1.807, 2.05) is 11.8 Å². The molecule has 0 aliphatic carbocycles. The third kappa shape index (κ3) is 6.35. The number of thioether (sulfide) groups is 1. The molecule has 0 aliphatic rings. The van der Waals surface area contributed by atoms with Gasteiger partial charge in [0, 0.05) is 10.5 Å². The van der Waals surface area contributed by atoms with Gasteiger partial charge < -0.3 is 0 Å². The van der Waals surface area contributed by atoms with Crippen molar-refractivity contribution in [2.75, 3.05) is 0 Å². The monoisotopic (exact) mass is 116 g/mol. The van der Waals surface area contributed by atoms with Crippen LogP contribution in [0.1, 0.15) is 27.7 Å².